The molecule has 1 amide bonds. The molecule has 0 aliphatic carbocycles. The second-order valence-corrected chi connectivity index (χ2v) is 7.97. The Labute approximate surface area is 176 Å². The van der Waals surface area contributed by atoms with E-state index >= 15 is 0 Å². The van der Waals surface area contributed by atoms with Crippen molar-refractivity contribution in [1.82, 2.24) is 0 Å². The lowest BCUT2D eigenvalue weighted by molar-refractivity contribution is -0.122. The summed E-state index contributed by atoms with van der Waals surface area (Å²) in [6.45, 7) is 5.80. The number of carbonyl (C=O) groups is 1. The van der Waals surface area contributed by atoms with E-state index in [-0.39, 0.29) is 11.5 Å². The number of nitrogens with one attached hydrogen (secondary N) is 1. The Morgan fingerprint density at radius 1 is 0.967 bits per heavy atom. The van der Waals surface area contributed by atoms with Gasteiger partial charge in [-0.25, -0.2) is 0 Å². The van der Waals surface area contributed by atoms with Gasteiger partial charge in [-0.05, 0) is 63.2 Å². The van der Waals surface area contributed by atoms with Gasteiger partial charge in [-0.15, -0.1) is 0 Å². The van der Waals surface area contributed by atoms with Crippen LogP contribution in [0.5, 0.6) is 23.0 Å². The molecule has 154 valence electrons. The second-order valence-electron chi connectivity index (χ2n) is 7.97. The summed E-state index contributed by atoms with van der Waals surface area (Å²) in [5.74, 6) is 2.54. The zero-order chi connectivity index (χ0) is 21.1. The van der Waals surface area contributed by atoms with E-state index in [2.05, 4.69) is 5.32 Å². The number of rotatable bonds is 6. The summed E-state index contributed by atoms with van der Waals surface area (Å²) in [5, 5.41) is 2.88. The molecule has 1 heterocycles. The van der Waals surface area contributed by atoms with Crippen molar-refractivity contribution in [3.05, 3.63) is 78.4 Å². The Bertz CT molecular complexity index is 1030. The summed E-state index contributed by atoms with van der Waals surface area (Å²) in [5.41, 5.74) is 1.50. The third-order valence-electron chi connectivity index (χ3n) is 4.83. The van der Waals surface area contributed by atoms with Crippen LogP contribution in [0.2, 0.25) is 0 Å². The van der Waals surface area contributed by atoms with E-state index in [1.165, 1.54) is 0 Å². The smallest absolute Gasteiger partial charge is 0.265 e. The number of fused-ring (bicyclic) bond motifs is 1. The molecule has 0 fully saturated rings. The van der Waals surface area contributed by atoms with Crippen LogP contribution in [0.25, 0.3) is 0 Å². The molecule has 0 radical (unpaired) electrons. The van der Waals surface area contributed by atoms with Crippen LogP contribution in [0.1, 0.15) is 26.3 Å². The molecular formula is C25H25NO4. The van der Waals surface area contributed by atoms with Crippen molar-refractivity contribution in [3.63, 3.8) is 0 Å². The number of benzene rings is 3. The summed E-state index contributed by atoms with van der Waals surface area (Å²) in [6, 6.07) is 22.6. The molecule has 0 saturated carbocycles. The van der Waals surface area contributed by atoms with Crippen LogP contribution in [0.3, 0.4) is 0 Å². The quantitative estimate of drug-likeness (QED) is 0.582. The fourth-order valence-electron chi connectivity index (χ4n) is 3.40. The summed E-state index contributed by atoms with van der Waals surface area (Å²) in [7, 11) is 0. The molecule has 0 saturated heterocycles. The topological polar surface area (TPSA) is 56.8 Å². The monoisotopic (exact) mass is 403 g/mol. The molecule has 1 unspecified atom stereocenters. The SMILES string of the molecule is CC(Oc1cccc2c1OC(C)(C)C2)C(=O)Nc1ccc(Oc2ccccc2)cc1. The lowest BCUT2D eigenvalue weighted by atomic mass is 10.0. The number of anilines is 1. The maximum Gasteiger partial charge on any atom is 0.265 e. The second kappa shape index (κ2) is 8.11. The van der Waals surface area contributed by atoms with Crippen LogP contribution >= 0.6 is 0 Å². The minimum atomic E-state index is -0.677. The number of carbonyl (C=O) groups excluding carboxylic acids is 1. The van der Waals surface area contributed by atoms with E-state index < -0.39 is 6.10 Å². The molecule has 3 aromatic carbocycles. The highest BCUT2D eigenvalue weighted by molar-refractivity contribution is 5.94. The average Bonchev–Trinajstić information content (AvgIpc) is 3.05. The first kappa shape index (κ1) is 19.8. The maximum atomic E-state index is 12.6. The Balaban J connectivity index is 1.37. The Kier molecular flexibility index (Phi) is 5.36. The summed E-state index contributed by atoms with van der Waals surface area (Å²) >= 11 is 0. The molecule has 1 aliphatic rings. The van der Waals surface area contributed by atoms with Crippen LogP contribution in [0, 0.1) is 0 Å². The van der Waals surface area contributed by atoms with Gasteiger partial charge in [0.1, 0.15) is 17.1 Å². The summed E-state index contributed by atoms with van der Waals surface area (Å²) in [6.07, 6.45) is 0.140. The lowest BCUT2D eigenvalue weighted by Crippen LogP contribution is -2.30. The number of hydrogen-bond donors (Lipinski definition) is 1. The lowest BCUT2D eigenvalue weighted by Gasteiger charge is -2.20. The molecule has 0 aromatic heterocycles. The molecule has 1 atom stereocenters. The Hall–Kier alpha value is -3.47. The third kappa shape index (κ3) is 4.57. The third-order valence-corrected chi connectivity index (χ3v) is 4.83. The zero-order valence-electron chi connectivity index (χ0n) is 17.3. The van der Waals surface area contributed by atoms with Gasteiger partial charge >= 0.3 is 0 Å². The van der Waals surface area contributed by atoms with E-state index in [4.69, 9.17) is 14.2 Å². The van der Waals surface area contributed by atoms with Crippen molar-refractivity contribution in [1.29, 1.82) is 0 Å². The van der Waals surface area contributed by atoms with Gasteiger partial charge in [0.25, 0.3) is 5.91 Å². The number of amides is 1. The van der Waals surface area contributed by atoms with Crippen molar-refractivity contribution >= 4 is 11.6 Å². The van der Waals surface area contributed by atoms with E-state index in [1.54, 1.807) is 19.1 Å². The van der Waals surface area contributed by atoms with Crippen LogP contribution in [0.4, 0.5) is 5.69 Å². The van der Waals surface area contributed by atoms with E-state index in [1.807, 2.05) is 74.5 Å². The largest absolute Gasteiger partial charge is 0.483 e. The molecule has 5 nitrogen and oxygen atoms in total. The first-order chi connectivity index (χ1) is 14.4. The van der Waals surface area contributed by atoms with Gasteiger partial charge in [0.05, 0.1) is 0 Å². The van der Waals surface area contributed by atoms with Gasteiger partial charge in [0.15, 0.2) is 17.6 Å². The fraction of sp³-hybridized carbons (Fsp3) is 0.240. The predicted molar refractivity (Wildman–Crippen MR) is 117 cm³/mol. The highest BCUT2D eigenvalue weighted by Crippen LogP contribution is 2.42. The van der Waals surface area contributed by atoms with Gasteiger partial charge in [0, 0.05) is 17.7 Å². The molecule has 3 aromatic rings. The van der Waals surface area contributed by atoms with Gasteiger partial charge < -0.3 is 19.5 Å². The van der Waals surface area contributed by atoms with Gasteiger partial charge in [-0.1, -0.05) is 30.3 Å². The van der Waals surface area contributed by atoms with Crippen molar-refractivity contribution in [2.45, 2.75) is 38.9 Å². The van der Waals surface area contributed by atoms with E-state index in [0.717, 1.165) is 23.5 Å². The van der Waals surface area contributed by atoms with Crippen molar-refractivity contribution in [3.8, 4) is 23.0 Å². The first-order valence-corrected chi connectivity index (χ1v) is 10.0. The summed E-state index contributed by atoms with van der Waals surface area (Å²) < 4.78 is 17.7. The Morgan fingerprint density at radius 2 is 1.67 bits per heavy atom. The molecule has 1 N–H and O–H groups in total. The molecule has 5 heteroatoms. The molecule has 1 aliphatic heterocycles. The molecule has 30 heavy (non-hydrogen) atoms. The predicted octanol–water partition coefficient (Wildman–Crippen LogP) is 5.60. The molecule has 4 rings (SSSR count). The van der Waals surface area contributed by atoms with Crippen molar-refractivity contribution in [2.24, 2.45) is 0 Å². The van der Waals surface area contributed by atoms with Crippen molar-refractivity contribution < 1.29 is 19.0 Å². The Morgan fingerprint density at radius 3 is 2.40 bits per heavy atom. The minimum Gasteiger partial charge on any atom is -0.483 e. The first-order valence-electron chi connectivity index (χ1n) is 10.0. The number of ether oxygens (including phenoxy) is 3. The van der Waals surface area contributed by atoms with E-state index in [0.29, 0.717) is 17.2 Å². The molecular weight excluding hydrogens is 378 g/mol. The van der Waals surface area contributed by atoms with Crippen molar-refractivity contribution in [2.75, 3.05) is 5.32 Å². The molecule has 0 bridgehead atoms. The van der Waals surface area contributed by atoms with Gasteiger partial charge in [0.2, 0.25) is 0 Å². The normalized spacial score (nSPS) is 14.9. The van der Waals surface area contributed by atoms with Crippen LogP contribution in [-0.2, 0) is 11.2 Å². The highest BCUT2D eigenvalue weighted by atomic mass is 16.5. The number of para-hydroxylation sites is 2. The van der Waals surface area contributed by atoms with Crippen LogP contribution in [-0.4, -0.2) is 17.6 Å². The minimum absolute atomic E-state index is 0.235. The van der Waals surface area contributed by atoms with Crippen LogP contribution in [0.15, 0.2) is 72.8 Å². The van der Waals surface area contributed by atoms with Gasteiger partial charge in [-0.3, -0.25) is 4.79 Å². The van der Waals surface area contributed by atoms with Crippen LogP contribution < -0.4 is 19.5 Å². The fourth-order valence-corrected chi connectivity index (χ4v) is 3.40. The highest BCUT2D eigenvalue weighted by Gasteiger charge is 2.33. The summed E-state index contributed by atoms with van der Waals surface area (Å²) in [4.78, 5) is 12.6. The maximum absolute atomic E-state index is 12.6. The molecule has 0 spiro atoms. The van der Waals surface area contributed by atoms with E-state index in [9.17, 15) is 4.79 Å². The average molecular weight is 403 g/mol. The zero-order valence-corrected chi connectivity index (χ0v) is 17.3. The van der Waals surface area contributed by atoms with Gasteiger partial charge in [-0.2, -0.15) is 0 Å². The standard InChI is InChI=1S/C25H25NO4/c1-17(28-22-11-7-8-18-16-25(2,3)30-23(18)22)24(27)26-19-12-14-21(15-13-19)29-20-9-5-4-6-10-20/h4-15,17H,16H2,1-3H3,(H,26,27). The number of hydrogen-bond acceptors (Lipinski definition) is 4.